The van der Waals surface area contributed by atoms with Crippen LogP contribution in [0.1, 0.15) is 18.4 Å². The molecule has 28 heavy (non-hydrogen) atoms. The molecule has 0 bridgehead atoms. The van der Waals surface area contributed by atoms with Crippen molar-refractivity contribution in [3.8, 4) is 10.4 Å². The second-order valence-electron chi connectivity index (χ2n) is 7.83. The van der Waals surface area contributed by atoms with Gasteiger partial charge >= 0.3 is 0 Å². The van der Waals surface area contributed by atoms with Crippen LogP contribution in [0.4, 0.5) is 0 Å². The summed E-state index contributed by atoms with van der Waals surface area (Å²) in [6.07, 6.45) is 2.09. The predicted octanol–water partition coefficient (Wildman–Crippen LogP) is 2.87. The van der Waals surface area contributed by atoms with Crippen molar-refractivity contribution in [1.29, 1.82) is 0 Å². The molecule has 2 amide bonds. The van der Waals surface area contributed by atoms with Crippen molar-refractivity contribution in [3.63, 3.8) is 0 Å². The lowest BCUT2D eigenvalue weighted by Crippen LogP contribution is -2.51. The minimum atomic E-state index is -0.450. The number of likely N-dealkylation sites (N-methyl/N-ethyl adjacent to an activating group) is 1. The van der Waals surface area contributed by atoms with Gasteiger partial charge in [-0.3, -0.25) is 9.59 Å². The molecule has 6 heteroatoms. The maximum absolute atomic E-state index is 12.8. The molecular weight excluding hydrogens is 370 g/mol. The average Bonchev–Trinajstić information content (AvgIpc) is 3.22. The first kappa shape index (κ1) is 20.6. The number of hydrogen-bond acceptors (Lipinski definition) is 4. The van der Waals surface area contributed by atoms with Crippen molar-refractivity contribution in [3.05, 3.63) is 47.3 Å². The Morgan fingerprint density at radius 1 is 1.14 bits per heavy atom. The van der Waals surface area contributed by atoms with Gasteiger partial charge in [0.15, 0.2) is 0 Å². The van der Waals surface area contributed by atoms with E-state index in [1.165, 1.54) is 10.4 Å². The van der Waals surface area contributed by atoms with Gasteiger partial charge in [0, 0.05) is 25.0 Å². The highest BCUT2D eigenvalue weighted by molar-refractivity contribution is 7.13. The molecule has 0 aliphatic carbocycles. The fraction of sp³-hybridized carbons (Fsp3) is 0.455. The van der Waals surface area contributed by atoms with E-state index < -0.39 is 5.41 Å². The topological polar surface area (TPSA) is 52.7 Å². The van der Waals surface area contributed by atoms with Crippen LogP contribution in [0.2, 0.25) is 0 Å². The molecule has 150 valence electrons. The third-order valence-corrected chi connectivity index (χ3v) is 6.45. The Labute approximate surface area is 171 Å². The molecule has 0 unspecified atom stereocenters. The highest BCUT2D eigenvalue weighted by Crippen LogP contribution is 2.36. The third-order valence-electron chi connectivity index (χ3n) is 5.54. The fourth-order valence-corrected chi connectivity index (χ4v) is 4.66. The van der Waals surface area contributed by atoms with Crippen LogP contribution in [0.3, 0.4) is 0 Å². The Kier molecular flexibility index (Phi) is 6.52. The van der Waals surface area contributed by atoms with E-state index in [2.05, 4.69) is 47.1 Å². The van der Waals surface area contributed by atoms with E-state index in [-0.39, 0.29) is 11.8 Å². The lowest BCUT2D eigenvalue weighted by Gasteiger charge is -2.41. The molecule has 1 aromatic heterocycles. The molecule has 0 saturated carbocycles. The van der Waals surface area contributed by atoms with Gasteiger partial charge in [0.05, 0.1) is 12.0 Å². The molecule has 1 fully saturated rings. The molecular formula is C22H29N3O2S. The van der Waals surface area contributed by atoms with Gasteiger partial charge in [0.2, 0.25) is 11.8 Å². The largest absolute Gasteiger partial charge is 0.359 e. The number of nitrogens with one attached hydrogen (secondary N) is 1. The van der Waals surface area contributed by atoms with Gasteiger partial charge in [-0.1, -0.05) is 30.3 Å². The number of hydrogen-bond donors (Lipinski definition) is 1. The second kappa shape index (κ2) is 8.88. The van der Waals surface area contributed by atoms with Crippen LogP contribution in [0, 0.1) is 5.41 Å². The maximum atomic E-state index is 12.8. The minimum absolute atomic E-state index is 0.0783. The summed E-state index contributed by atoms with van der Waals surface area (Å²) in [5, 5.41) is 4.94. The van der Waals surface area contributed by atoms with Crippen molar-refractivity contribution in [1.82, 2.24) is 15.1 Å². The number of nitrogens with zero attached hydrogens (tertiary/aromatic N) is 2. The molecule has 3 rings (SSSR count). The number of carbonyl (C=O) groups excluding carboxylic acids is 2. The normalized spacial score (nSPS) is 16.2. The Morgan fingerprint density at radius 3 is 2.36 bits per heavy atom. The van der Waals surface area contributed by atoms with Gasteiger partial charge < -0.3 is 15.1 Å². The van der Waals surface area contributed by atoms with Crippen LogP contribution in [0.15, 0.2) is 41.8 Å². The Balaban J connectivity index is 1.71. The maximum Gasteiger partial charge on any atom is 0.236 e. The molecule has 5 nitrogen and oxygen atoms in total. The molecule has 1 aliphatic heterocycles. The van der Waals surface area contributed by atoms with Gasteiger partial charge in [-0.05, 0) is 55.9 Å². The molecule has 1 saturated heterocycles. The second-order valence-corrected chi connectivity index (χ2v) is 8.78. The van der Waals surface area contributed by atoms with Crippen molar-refractivity contribution in [2.75, 3.05) is 40.8 Å². The Hall–Kier alpha value is -2.18. The molecule has 0 atom stereocenters. The summed E-state index contributed by atoms with van der Waals surface area (Å²) < 4.78 is 0. The quantitative estimate of drug-likeness (QED) is 0.813. The number of thiophene rings is 1. The lowest BCUT2D eigenvalue weighted by molar-refractivity contribution is -0.140. The zero-order chi connectivity index (χ0) is 20.1. The first-order valence-electron chi connectivity index (χ1n) is 9.71. The van der Waals surface area contributed by atoms with E-state index in [9.17, 15) is 9.59 Å². The van der Waals surface area contributed by atoms with Gasteiger partial charge in [-0.2, -0.15) is 0 Å². The van der Waals surface area contributed by atoms with Crippen molar-refractivity contribution in [2.45, 2.75) is 19.3 Å². The number of likely N-dealkylation sites (tertiary alicyclic amines) is 1. The monoisotopic (exact) mass is 399 g/mol. The fourth-order valence-electron chi connectivity index (χ4n) is 3.92. The van der Waals surface area contributed by atoms with Gasteiger partial charge in [0.1, 0.15) is 0 Å². The van der Waals surface area contributed by atoms with Crippen LogP contribution in [-0.2, 0) is 16.0 Å². The summed E-state index contributed by atoms with van der Waals surface area (Å²) in [5.41, 5.74) is 1.92. The van der Waals surface area contributed by atoms with Crippen molar-refractivity contribution < 1.29 is 9.59 Å². The van der Waals surface area contributed by atoms with E-state index in [0.717, 1.165) is 5.56 Å². The minimum Gasteiger partial charge on any atom is -0.359 e. The predicted molar refractivity (Wildman–Crippen MR) is 114 cm³/mol. The highest BCUT2D eigenvalue weighted by Gasteiger charge is 2.41. The van der Waals surface area contributed by atoms with Crippen LogP contribution in [-0.4, -0.2) is 62.4 Å². The standard InChI is InChI=1S/C22H29N3O2S/c1-23-21(27)22(10-12-25(13-11-22)20(26)16-24(2)3)15-17-6-8-18(9-7-17)19-5-4-14-28-19/h4-9,14H,10-13,15-16H2,1-3H3,(H,23,27). The van der Waals surface area contributed by atoms with Gasteiger partial charge in [-0.25, -0.2) is 0 Å². The highest BCUT2D eigenvalue weighted by atomic mass is 32.1. The number of amides is 2. The molecule has 1 N–H and O–H groups in total. The molecule has 0 spiro atoms. The summed E-state index contributed by atoms with van der Waals surface area (Å²) in [6.45, 7) is 1.68. The molecule has 2 aromatic rings. The van der Waals surface area contributed by atoms with Crippen LogP contribution < -0.4 is 5.32 Å². The van der Waals surface area contributed by atoms with E-state index >= 15 is 0 Å². The summed E-state index contributed by atoms with van der Waals surface area (Å²) in [4.78, 5) is 30.2. The first-order valence-corrected chi connectivity index (χ1v) is 10.6. The number of carbonyl (C=O) groups is 2. The zero-order valence-electron chi connectivity index (χ0n) is 16.9. The van der Waals surface area contributed by atoms with E-state index in [4.69, 9.17) is 0 Å². The summed E-state index contributed by atoms with van der Waals surface area (Å²) in [7, 11) is 5.50. The average molecular weight is 400 g/mol. The number of benzene rings is 1. The molecule has 1 aromatic carbocycles. The molecule has 1 aliphatic rings. The van der Waals surface area contributed by atoms with E-state index in [1.807, 2.05) is 23.9 Å². The zero-order valence-corrected chi connectivity index (χ0v) is 17.7. The lowest BCUT2D eigenvalue weighted by atomic mass is 9.73. The van der Waals surface area contributed by atoms with Crippen LogP contribution >= 0.6 is 11.3 Å². The van der Waals surface area contributed by atoms with Crippen LogP contribution in [0.25, 0.3) is 10.4 Å². The summed E-state index contributed by atoms with van der Waals surface area (Å²) in [5.74, 6) is 0.213. The SMILES string of the molecule is CNC(=O)C1(Cc2ccc(-c3cccs3)cc2)CCN(C(=O)CN(C)C)CC1. The summed E-state index contributed by atoms with van der Waals surface area (Å²) in [6, 6.07) is 12.7. The van der Waals surface area contributed by atoms with E-state index in [0.29, 0.717) is 38.9 Å². The third kappa shape index (κ3) is 4.62. The summed E-state index contributed by atoms with van der Waals surface area (Å²) >= 11 is 1.73. The first-order chi connectivity index (χ1) is 13.4. The van der Waals surface area contributed by atoms with Gasteiger partial charge in [0.25, 0.3) is 0 Å². The van der Waals surface area contributed by atoms with E-state index in [1.54, 1.807) is 18.4 Å². The number of piperidine rings is 1. The Bertz CT molecular complexity index is 792. The smallest absolute Gasteiger partial charge is 0.236 e. The van der Waals surface area contributed by atoms with Crippen LogP contribution in [0.5, 0.6) is 0 Å². The van der Waals surface area contributed by atoms with Gasteiger partial charge in [-0.15, -0.1) is 11.3 Å². The van der Waals surface area contributed by atoms with Crippen molar-refractivity contribution in [2.24, 2.45) is 5.41 Å². The molecule has 0 radical (unpaired) electrons. The molecule has 2 heterocycles. The number of rotatable bonds is 6. The van der Waals surface area contributed by atoms with Crippen molar-refractivity contribution >= 4 is 23.2 Å². The Morgan fingerprint density at radius 2 is 1.82 bits per heavy atom.